The third kappa shape index (κ3) is 3.27. The van der Waals surface area contributed by atoms with Crippen molar-refractivity contribution in [3.05, 3.63) is 90.0 Å². The number of hydrogen-bond acceptors (Lipinski definition) is 3. The van der Waals surface area contributed by atoms with Gasteiger partial charge in [0.1, 0.15) is 11.7 Å². The van der Waals surface area contributed by atoms with Crippen LogP contribution >= 0.6 is 0 Å². The third-order valence-corrected chi connectivity index (χ3v) is 5.22. The number of esters is 1. The van der Waals surface area contributed by atoms with Gasteiger partial charge in [-0.25, -0.2) is 0 Å². The highest BCUT2D eigenvalue weighted by molar-refractivity contribution is 6.11. The summed E-state index contributed by atoms with van der Waals surface area (Å²) in [5.74, 6) is -0.624. The molecule has 1 atom stereocenters. The molecule has 1 heterocycles. The number of carbonyl (C=O) groups is 1. The molecule has 0 aliphatic rings. The maximum absolute atomic E-state index is 12.6. The predicted molar refractivity (Wildman–Crippen MR) is 116 cm³/mol. The van der Waals surface area contributed by atoms with Gasteiger partial charge in [0.25, 0.3) is 0 Å². The molecule has 1 N–H and O–H groups in total. The zero-order valence-corrected chi connectivity index (χ0v) is 16.6. The van der Waals surface area contributed by atoms with Crippen LogP contribution in [0, 0.1) is 0 Å². The molecule has 0 aliphatic carbocycles. The van der Waals surface area contributed by atoms with E-state index in [1.165, 1.54) is 7.11 Å². The van der Waals surface area contributed by atoms with Crippen LogP contribution in [0.3, 0.4) is 0 Å². The van der Waals surface area contributed by atoms with E-state index in [2.05, 4.69) is 11.1 Å². The minimum absolute atomic E-state index is 0.222. The number of benzene rings is 3. The Morgan fingerprint density at radius 2 is 1.79 bits per heavy atom. The molecule has 0 spiro atoms. The summed E-state index contributed by atoms with van der Waals surface area (Å²) < 4.78 is 7.24. The number of fused-ring (bicyclic) bond motifs is 3. The highest BCUT2D eigenvalue weighted by Gasteiger charge is 2.25. The molecule has 4 aromatic rings. The summed E-state index contributed by atoms with van der Waals surface area (Å²) in [6, 6.07) is 21.1. The van der Waals surface area contributed by atoms with Crippen LogP contribution < -0.4 is 0 Å². The molecular formula is C25H23NO3. The Hall–Kier alpha value is -3.53. The Bertz CT molecular complexity index is 1220. The Labute approximate surface area is 169 Å². The summed E-state index contributed by atoms with van der Waals surface area (Å²) in [7, 11) is 1.40. The standard InChI is InChI=1S/C25H23NO3/c1-16(2)15-26-20-13-12-18(14-19(20)24-21(26)10-7-11-22(24)27)23(25(28)29-3)17-8-5-4-6-9-17/h4-14,23,27H,1,15H2,2-3H3. The molecule has 146 valence electrons. The molecule has 0 saturated heterocycles. The van der Waals surface area contributed by atoms with Gasteiger partial charge in [-0.3, -0.25) is 4.79 Å². The van der Waals surface area contributed by atoms with Crippen LogP contribution in [0.1, 0.15) is 24.0 Å². The number of phenolic OH excluding ortho intramolecular Hbond substituents is 1. The fraction of sp³-hybridized carbons (Fsp3) is 0.160. The first-order valence-electron chi connectivity index (χ1n) is 9.52. The van der Waals surface area contributed by atoms with E-state index < -0.39 is 5.92 Å². The van der Waals surface area contributed by atoms with Crippen molar-refractivity contribution < 1.29 is 14.6 Å². The molecule has 1 aromatic heterocycles. The highest BCUT2D eigenvalue weighted by atomic mass is 16.5. The molecule has 3 aromatic carbocycles. The lowest BCUT2D eigenvalue weighted by Crippen LogP contribution is -2.15. The Morgan fingerprint density at radius 1 is 1.03 bits per heavy atom. The van der Waals surface area contributed by atoms with Gasteiger partial charge in [0, 0.05) is 22.8 Å². The van der Waals surface area contributed by atoms with Crippen LogP contribution in [-0.4, -0.2) is 22.8 Å². The quantitative estimate of drug-likeness (QED) is 0.371. The van der Waals surface area contributed by atoms with Crippen molar-refractivity contribution >= 4 is 27.8 Å². The first kappa shape index (κ1) is 18.8. The van der Waals surface area contributed by atoms with E-state index in [1.54, 1.807) is 6.07 Å². The number of rotatable bonds is 5. The first-order valence-corrected chi connectivity index (χ1v) is 9.52. The van der Waals surface area contributed by atoms with Crippen LogP contribution in [0.4, 0.5) is 0 Å². The molecule has 0 aliphatic heterocycles. The summed E-state index contributed by atoms with van der Waals surface area (Å²) in [5, 5.41) is 12.3. The van der Waals surface area contributed by atoms with Crippen molar-refractivity contribution in [2.45, 2.75) is 19.4 Å². The van der Waals surface area contributed by atoms with Crippen molar-refractivity contribution in [1.82, 2.24) is 4.57 Å². The lowest BCUT2D eigenvalue weighted by molar-refractivity contribution is -0.141. The maximum Gasteiger partial charge on any atom is 0.317 e. The number of phenols is 1. The van der Waals surface area contributed by atoms with Gasteiger partial charge in [0.15, 0.2) is 0 Å². The molecule has 4 rings (SSSR count). The van der Waals surface area contributed by atoms with E-state index in [0.717, 1.165) is 38.5 Å². The third-order valence-electron chi connectivity index (χ3n) is 5.22. The maximum atomic E-state index is 12.6. The normalized spacial score (nSPS) is 12.2. The van der Waals surface area contributed by atoms with Gasteiger partial charge in [-0.05, 0) is 42.3 Å². The van der Waals surface area contributed by atoms with Gasteiger partial charge >= 0.3 is 5.97 Å². The van der Waals surface area contributed by atoms with E-state index in [1.807, 2.05) is 67.6 Å². The minimum atomic E-state index is -0.531. The van der Waals surface area contributed by atoms with E-state index in [-0.39, 0.29) is 11.7 Å². The lowest BCUT2D eigenvalue weighted by atomic mass is 9.90. The largest absolute Gasteiger partial charge is 0.507 e. The molecule has 1 unspecified atom stereocenters. The van der Waals surface area contributed by atoms with E-state index in [0.29, 0.717) is 6.54 Å². The van der Waals surface area contributed by atoms with Crippen LogP contribution in [0.25, 0.3) is 21.8 Å². The second kappa shape index (κ2) is 7.47. The van der Waals surface area contributed by atoms with Crippen molar-refractivity contribution in [3.63, 3.8) is 0 Å². The van der Waals surface area contributed by atoms with Crippen LogP contribution in [0.2, 0.25) is 0 Å². The molecule has 0 bridgehead atoms. The predicted octanol–water partition coefficient (Wildman–Crippen LogP) is 5.38. The monoisotopic (exact) mass is 385 g/mol. The summed E-state index contributed by atoms with van der Waals surface area (Å²) in [4.78, 5) is 12.6. The zero-order valence-electron chi connectivity index (χ0n) is 16.6. The SMILES string of the molecule is C=C(C)Cn1c2ccc(C(C(=O)OC)c3ccccc3)cc2c2c(O)cccc21. The zero-order chi connectivity index (χ0) is 20.5. The van der Waals surface area contributed by atoms with Gasteiger partial charge in [0.05, 0.1) is 12.6 Å². The molecule has 0 amide bonds. The topological polar surface area (TPSA) is 51.5 Å². The number of carbonyl (C=O) groups excluding carboxylic acids is 1. The Morgan fingerprint density at radius 3 is 2.48 bits per heavy atom. The van der Waals surface area contributed by atoms with Gasteiger partial charge < -0.3 is 14.4 Å². The minimum Gasteiger partial charge on any atom is -0.507 e. The van der Waals surface area contributed by atoms with Crippen molar-refractivity contribution in [3.8, 4) is 5.75 Å². The Kier molecular flexibility index (Phi) is 4.85. The van der Waals surface area contributed by atoms with E-state index >= 15 is 0 Å². The van der Waals surface area contributed by atoms with E-state index in [9.17, 15) is 9.90 Å². The first-order chi connectivity index (χ1) is 14.0. The second-order valence-electron chi connectivity index (χ2n) is 7.36. The molecule has 4 nitrogen and oxygen atoms in total. The summed E-state index contributed by atoms with van der Waals surface area (Å²) >= 11 is 0. The number of ether oxygens (including phenoxy) is 1. The van der Waals surface area contributed by atoms with Gasteiger partial charge in [0.2, 0.25) is 0 Å². The van der Waals surface area contributed by atoms with Crippen LogP contribution in [-0.2, 0) is 16.1 Å². The average Bonchev–Trinajstić information content (AvgIpc) is 3.03. The molecule has 4 heteroatoms. The van der Waals surface area contributed by atoms with Gasteiger partial charge in [-0.1, -0.05) is 54.6 Å². The second-order valence-corrected chi connectivity index (χ2v) is 7.36. The lowest BCUT2D eigenvalue weighted by Gasteiger charge is -2.16. The van der Waals surface area contributed by atoms with Crippen LogP contribution in [0.5, 0.6) is 5.75 Å². The number of methoxy groups -OCH3 is 1. The smallest absolute Gasteiger partial charge is 0.317 e. The number of nitrogens with zero attached hydrogens (tertiary/aromatic N) is 1. The van der Waals surface area contributed by atoms with Crippen LogP contribution in [0.15, 0.2) is 78.9 Å². The number of aromatic hydroxyl groups is 1. The van der Waals surface area contributed by atoms with Gasteiger partial charge in [-0.15, -0.1) is 0 Å². The fourth-order valence-electron chi connectivity index (χ4n) is 4.00. The van der Waals surface area contributed by atoms with Crippen molar-refractivity contribution in [2.75, 3.05) is 7.11 Å². The number of aromatic nitrogens is 1. The van der Waals surface area contributed by atoms with Crippen molar-refractivity contribution in [1.29, 1.82) is 0 Å². The average molecular weight is 385 g/mol. The fourth-order valence-corrected chi connectivity index (χ4v) is 4.00. The molecule has 0 fully saturated rings. The number of allylic oxidation sites excluding steroid dienone is 1. The van der Waals surface area contributed by atoms with Gasteiger partial charge in [-0.2, -0.15) is 0 Å². The molecule has 0 radical (unpaired) electrons. The summed E-state index contributed by atoms with van der Waals surface area (Å²) in [6.45, 7) is 6.68. The number of hydrogen-bond donors (Lipinski definition) is 1. The molecular weight excluding hydrogens is 362 g/mol. The van der Waals surface area contributed by atoms with Crippen molar-refractivity contribution in [2.24, 2.45) is 0 Å². The summed E-state index contributed by atoms with van der Waals surface area (Å²) in [6.07, 6.45) is 0. The molecule has 29 heavy (non-hydrogen) atoms. The van der Waals surface area contributed by atoms with E-state index in [4.69, 9.17) is 4.74 Å². The summed E-state index contributed by atoms with van der Waals surface area (Å²) in [5.41, 5.74) is 4.65. The highest BCUT2D eigenvalue weighted by Crippen LogP contribution is 2.38. The molecule has 0 saturated carbocycles. The Balaban J connectivity index is 1.99.